The second-order valence-electron chi connectivity index (χ2n) is 5.03. The van der Waals surface area contributed by atoms with Crippen LogP contribution in [0.1, 0.15) is 31.7 Å². The standard InChI is InChI=1S/C13H16ClN3O.ClH/c14-8-1-6-12-11(7-8)16-13(18)17(12)10-4-2-9(15)3-5-10;/h1,6-7,9-10H,2-5,15H2,(H,16,18);1H. The third-order valence-electron chi connectivity index (χ3n) is 3.79. The van der Waals surface area contributed by atoms with Gasteiger partial charge in [-0.15, -0.1) is 12.4 Å². The number of benzene rings is 1. The molecule has 19 heavy (non-hydrogen) atoms. The van der Waals surface area contributed by atoms with Gasteiger partial charge in [-0.2, -0.15) is 0 Å². The maximum absolute atomic E-state index is 12.1. The number of halogens is 2. The van der Waals surface area contributed by atoms with E-state index in [1.54, 1.807) is 6.07 Å². The lowest BCUT2D eigenvalue weighted by atomic mass is 9.91. The zero-order chi connectivity index (χ0) is 12.7. The van der Waals surface area contributed by atoms with Crippen LogP contribution in [-0.4, -0.2) is 15.6 Å². The van der Waals surface area contributed by atoms with E-state index >= 15 is 0 Å². The lowest BCUT2D eigenvalue weighted by Gasteiger charge is -2.26. The van der Waals surface area contributed by atoms with Crippen LogP contribution in [0.4, 0.5) is 0 Å². The molecule has 0 saturated heterocycles. The Morgan fingerprint density at radius 3 is 2.63 bits per heavy atom. The van der Waals surface area contributed by atoms with Gasteiger partial charge >= 0.3 is 5.69 Å². The first kappa shape index (κ1) is 14.4. The van der Waals surface area contributed by atoms with E-state index in [1.807, 2.05) is 16.7 Å². The van der Waals surface area contributed by atoms with Crippen molar-refractivity contribution >= 4 is 35.0 Å². The molecule has 6 heteroatoms. The van der Waals surface area contributed by atoms with E-state index in [1.165, 1.54) is 0 Å². The SMILES string of the molecule is Cl.NC1CCC(n2c(=O)[nH]c3cc(Cl)ccc32)CC1. The molecule has 0 radical (unpaired) electrons. The van der Waals surface area contributed by atoms with Crippen molar-refractivity contribution in [1.82, 2.24) is 9.55 Å². The number of hydrogen-bond donors (Lipinski definition) is 2. The van der Waals surface area contributed by atoms with Crippen LogP contribution in [-0.2, 0) is 0 Å². The molecule has 1 saturated carbocycles. The molecule has 0 aliphatic heterocycles. The first-order chi connectivity index (χ1) is 8.65. The smallest absolute Gasteiger partial charge is 0.326 e. The molecule has 0 amide bonds. The van der Waals surface area contributed by atoms with Gasteiger partial charge < -0.3 is 10.7 Å². The summed E-state index contributed by atoms with van der Waals surface area (Å²) < 4.78 is 1.86. The van der Waals surface area contributed by atoms with Crippen molar-refractivity contribution in [3.63, 3.8) is 0 Å². The zero-order valence-electron chi connectivity index (χ0n) is 10.4. The van der Waals surface area contributed by atoms with Gasteiger partial charge in [0, 0.05) is 17.1 Å². The molecule has 3 rings (SSSR count). The fraction of sp³-hybridized carbons (Fsp3) is 0.462. The highest BCUT2D eigenvalue weighted by molar-refractivity contribution is 6.31. The molecule has 0 bridgehead atoms. The minimum absolute atomic E-state index is 0. The van der Waals surface area contributed by atoms with Gasteiger partial charge in [0.15, 0.2) is 0 Å². The van der Waals surface area contributed by atoms with Gasteiger partial charge in [-0.3, -0.25) is 4.57 Å². The van der Waals surface area contributed by atoms with Gasteiger partial charge in [-0.05, 0) is 43.9 Å². The summed E-state index contributed by atoms with van der Waals surface area (Å²) in [4.78, 5) is 14.9. The molecule has 1 aliphatic carbocycles. The average Bonchev–Trinajstić information content (AvgIpc) is 2.65. The summed E-state index contributed by atoms with van der Waals surface area (Å²) in [5, 5.41) is 0.640. The maximum atomic E-state index is 12.1. The minimum Gasteiger partial charge on any atom is -0.328 e. The Morgan fingerprint density at radius 2 is 1.95 bits per heavy atom. The van der Waals surface area contributed by atoms with Crippen molar-refractivity contribution in [2.24, 2.45) is 5.73 Å². The average molecular weight is 302 g/mol. The van der Waals surface area contributed by atoms with Crippen LogP contribution in [0.2, 0.25) is 5.02 Å². The molecule has 0 atom stereocenters. The third-order valence-corrected chi connectivity index (χ3v) is 4.02. The number of aromatic amines is 1. The second kappa shape index (κ2) is 5.57. The monoisotopic (exact) mass is 301 g/mol. The lowest BCUT2D eigenvalue weighted by molar-refractivity contribution is 0.324. The quantitative estimate of drug-likeness (QED) is 0.851. The Kier molecular flexibility index (Phi) is 4.23. The molecule has 1 aliphatic rings. The van der Waals surface area contributed by atoms with Crippen LogP contribution in [0.25, 0.3) is 11.0 Å². The largest absolute Gasteiger partial charge is 0.328 e. The van der Waals surface area contributed by atoms with E-state index in [9.17, 15) is 4.79 Å². The molecule has 0 spiro atoms. The molecular formula is C13H17Cl2N3O. The van der Waals surface area contributed by atoms with Gasteiger partial charge in [-0.25, -0.2) is 4.79 Å². The normalized spacial score (nSPS) is 23.3. The van der Waals surface area contributed by atoms with E-state index in [0.29, 0.717) is 5.02 Å². The molecule has 1 heterocycles. The van der Waals surface area contributed by atoms with Crippen molar-refractivity contribution in [1.29, 1.82) is 0 Å². The first-order valence-corrected chi connectivity index (χ1v) is 6.68. The van der Waals surface area contributed by atoms with Gasteiger partial charge in [-0.1, -0.05) is 11.6 Å². The molecule has 0 unspecified atom stereocenters. The Labute approximate surface area is 122 Å². The summed E-state index contributed by atoms with van der Waals surface area (Å²) in [7, 11) is 0. The summed E-state index contributed by atoms with van der Waals surface area (Å²) in [6.45, 7) is 0. The highest BCUT2D eigenvalue weighted by Gasteiger charge is 2.22. The van der Waals surface area contributed by atoms with Crippen LogP contribution in [0, 0.1) is 0 Å². The molecule has 3 N–H and O–H groups in total. The number of rotatable bonds is 1. The Hall–Kier alpha value is -0.970. The van der Waals surface area contributed by atoms with Crippen LogP contribution >= 0.6 is 24.0 Å². The summed E-state index contributed by atoms with van der Waals surface area (Å²) in [6.07, 6.45) is 3.90. The Balaban J connectivity index is 0.00000133. The number of nitrogens with two attached hydrogens (primary N) is 1. The molecule has 1 aromatic heterocycles. The fourth-order valence-corrected chi connectivity index (χ4v) is 3.00. The van der Waals surface area contributed by atoms with Gasteiger partial charge in [0.2, 0.25) is 0 Å². The number of fused-ring (bicyclic) bond motifs is 1. The van der Waals surface area contributed by atoms with E-state index in [4.69, 9.17) is 17.3 Å². The third kappa shape index (κ3) is 2.66. The topological polar surface area (TPSA) is 63.8 Å². The van der Waals surface area contributed by atoms with Crippen LogP contribution in [0.15, 0.2) is 23.0 Å². The summed E-state index contributed by atoms with van der Waals surface area (Å²) in [5.41, 5.74) is 7.60. The molecule has 1 aromatic carbocycles. The van der Waals surface area contributed by atoms with E-state index in [-0.39, 0.29) is 30.2 Å². The molecular weight excluding hydrogens is 285 g/mol. The van der Waals surface area contributed by atoms with E-state index in [2.05, 4.69) is 4.98 Å². The van der Waals surface area contributed by atoms with Crippen LogP contribution in [0.3, 0.4) is 0 Å². The number of aromatic nitrogens is 2. The number of hydrogen-bond acceptors (Lipinski definition) is 2. The van der Waals surface area contributed by atoms with Crippen molar-refractivity contribution in [2.75, 3.05) is 0 Å². The molecule has 1 fully saturated rings. The van der Waals surface area contributed by atoms with Crippen LogP contribution < -0.4 is 11.4 Å². The second-order valence-corrected chi connectivity index (χ2v) is 5.47. The lowest BCUT2D eigenvalue weighted by Crippen LogP contribution is -2.31. The van der Waals surface area contributed by atoms with Gasteiger partial charge in [0.1, 0.15) is 0 Å². The minimum atomic E-state index is -0.0484. The number of nitrogens with zero attached hydrogens (tertiary/aromatic N) is 1. The van der Waals surface area contributed by atoms with E-state index in [0.717, 1.165) is 36.7 Å². The predicted octanol–water partition coefficient (Wildman–Crippen LogP) is 2.85. The summed E-state index contributed by atoms with van der Waals surface area (Å²) in [6, 6.07) is 6.07. The zero-order valence-corrected chi connectivity index (χ0v) is 12.0. The number of imidazole rings is 1. The highest BCUT2D eigenvalue weighted by atomic mass is 35.5. The predicted molar refractivity (Wildman–Crippen MR) is 80.3 cm³/mol. The molecule has 2 aromatic rings. The van der Waals surface area contributed by atoms with E-state index < -0.39 is 0 Å². The van der Waals surface area contributed by atoms with Crippen molar-refractivity contribution in [3.05, 3.63) is 33.7 Å². The van der Waals surface area contributed by atoms with Gasteiger partial charge in [0.25, 0.3) is 0 Å². The Morgan fingerprint density at radius 1 is 1.26 bits per heavy atom. The summed E-state index contributed by atoms with van der Waals surface area (Å²) in [5.74, 6) is 0. The Bertz CT molecular complexity index is 626. The fourth-order valence-electron chi connectivity index (χ4n) is 2.83. The van der Waals surface area contributed by atoms with Crippen molar-refractivity contribution < 1.29 is 0 Å². The van der Waals surface area contributed by atoms with Crippen molar-refractivity contribution in [2.45, 2.75) is 37.8 Å². The van der Waals surface area contributed by atoms with Gasteiger partial charge in [0.05, 0.1) is 11.0 Å². The van der Waals surface area contributed by atoms with Crippen LogP contribution in [0.5, 0.6) is 0 Å². The highest BCUT2D eigenvalue weighted by Crippen LogP contribution is 2.29. The first-order valence-electron chi connectivity index (χ1n) is 6.30. The molecule has 4 nitrogen and oxygen atoms in total. The maximum Gasteiger partial charge on any atom is 0.326 e. The van der Waals surface area contributed by atoms with Crippen molar-refractivity contribution in [3.8, 4) is 0 Å². The summed E-state index contributed by atoms with van der Waals surface area (Å²) >= 11 is 5.94. The molecule has 104 valence electrons. The number of H-pyrrole nitrogens is 1. The number of nitrogens with one attached hydrogen (secondary N) is 1.